The molecular weight excluding hydrogens is 251 g/mol. The molecule has 1 amide bonds. The highest BCUT2D eigenvalue weighted by Gasteiger charge is 2.23. The summed E-state index contributed by atoms with van der Waals surface area (Å²) in [6.07, 6.45) is 2.01. The molecule has 1 aliphatic carbocycles. The fraction of sp³-hybridized carbons (Fsp3) is 0.385. The van der Waals surface area contributed by atoms with E-state index in [0.29, 0.717) is 11.3 Å². The summed E-state index contributed by atoms with van der Waals surface area (Å²) in [6.45, 7) is 1.37. The van der Waals surface area contributed by atoms with Crippen molar-refractivity contribution in [1.82, 2.24) is 5.32 Å². The van der Waals surface area contributed by atoms with E-state index in [1.807, 2.05) is 0 Å². The number of nitrogens with one attached hydrogen (secondary N) is 1. The first-order valence-electron chi connectivity index (χ1n) is 6.01. The van der Waals surface area contributed by atoms with Crippen molar-refractivity contribution in [3.8, 4) is 5.75 Å². The maximum absolute atomic E-state index is 13.2. The van der Waals surface area contributed by atoms with Crippen molar-refractivity contribution < 1.29 is 19.1 Å². The van der Waals surface area contributed by atoms with E-state index in [1.165, 1.54) is 25.1 Å². The standard InChI is InChI=1S/C13H15FN2O3/c1-8(16-18)11-6-9(14)2-5-12(11)19-7-13(17)15-10-3-4-10/h2,5-6,10,18H,3-4,7H2,1H3,(H,15,17). The Labute approximate surface area is 110 Å². The molecule has 1 fully saturated rings. The van der Waals surface area contributed by atoms with Crippen LogP contribution in [0.2, 0.25) is 0 Å². The van der Waals surface area contributed by atoms with Crippen LogP contribution in [-0.4, -0.2) is 29.5 Å². The van der Waals surface area contributed by atoms with Crippen molar-refractivity contribution in [3.63, 3.8) is 0 Å². The Kier molecular flexibility index (Phi) is 3.99. The monoisotopic (exact) mass is 266 g/mol. The number of halogens is 1. The number of carbonyl (C=O) groups is 1. The van der Waals surface area contributed by atoms with Crippen molar-refractivity contribution in [1.29, 1.82) is 0 Å². The van der Waals surface area contributed by atoms with Crippen LogP contribution in [0, 0.1) is 5.82 Å². The highest BCUT2D eigenvalue weighted by molar-refractivity contribution is 6.00. The summed E-state index contributed by atoms with van der Waals surface area (Å²) in [5.74, 6) is -0.369. The number of hydrogen-bond donors (Lipinski definition) is 2. The van der Waals surface area contributed by atoms with E-state index in [0.717, 1.165) is 12.8 Å². The summed E-state index contributed by atoms with van der Waals surface area (Å²) in [5.41, 5.74) is 0.541. The highest BCUT2D eigenvalue weighted by Crippen LogP contribution is 2.21. The van der Waals surface area contributed by atoms with E-state index in [4.69, 9.17) is 9.94 Å². The van der Waals surface area contributed by atoms with E-state index in [-0.39, 0.29) is 24.3 Å². The van der Waals surface area contributed by atoms with E-state index in [2.05, 4.69) is 10.5 Å². The van der Waals surface area contributed by atoms with E-state index < -0.39 is 5.82 Å². The van der Waals surface area contributed by atoms with Crippen molar-refractivity contribution in [2.75, 3.05) is 6.61 Å². The third kappa shape index (κ3) is 3.67. The van der Waals surface area contributed by atoms with Gasteiger partial charge in [-0.2, -0.15) is 0 Å². The lowest BCUT2D eigenvalue weighted by Gasteiger charge is -2.11. The zero-order valence-electron chi connectivity index (χ0n) is 10.5. The molecule has 6 heteroatoms. The molecule has 0 spiro atoms. The number of nitrogens with zero attached hydrogens (tertiary/aromatic N) is 1. The molecule has 0 radical (unpaired) electrons. The average Bonchev–Trinajstić information content (AvgIpc) is 3.20. The van der Waals surface area contributed by atoms with Crippen molar-refractivity contribution in [2.45, 2.75) is 25.8 Å². The number of ether oxygens (including phenoxy) is 1. The Bertz CT molecular complexity index is 513. The maximum atomic E-state index is 13.2. The number of carbonyl (C=O) groups excluding carboxylic acids is 1. The van der Waals surface area contributed by atoms with Gasteiger partial charge in [-0.3, -0.25) is 4.79 Å². The first-order chi connectivity index (χ1) is 9.10. The Hall–Kier alpha value is -2.11. The predicted octanol–water partition coefficient (Wildman–Crippen LogP) is 1.68. The zero-order chi connectivity index (χ0) is 13.8. The first kappa shape index (κ1) is 13.3. The van der Waals surface area contributed by atoms with Gasteiger partial charge < -0.3 is 15.3 Å². The van der Waals surface area contributed by atoms with Crippen LogP contribution in [-0.2, 0) is 4.79 Å². The van der Waals surface area contributed by atoms with Crippen LogP contribution in [0.5, 0.6) is 5.75 Å². The summed E-state index contributed by atoms with van der Waals surface area (Å²) in [4.78, 5) is 11.5. The van der Waals surface area contributed by atoms with Gasteiger partial charge in [0.25, 0.3) is 5.91 Å². The summed E-state index contributed by atoms with van der Waals surface area (Å²) >= 11 is 0. The lowest BCUT2D eigenvalue weighted by Crippen LogP contribution is -2.30. The van der Waals surface area contributed by atoms with Gasteiger partial charge >= 0.3 is 0 Å². The molecular formula is C13H15FN2O3. The van der Waals surface area contributed by atoms with Crippen LogP contribution in [0.15, 0.2) is 23.4 Å². The number of amides is 1. The van der Waals surface area contributed by atoms with Crippen LogP contribution in [0.3, 0.4) is 0 Å². The predicted molar refractivity (Wildman–Crippen MR) is 67.1 cm³/mol. The van der Waals surface area contributed by atoms with Crippen molar-refractivity contribution in [3.05, 3.63) is 29.6 Å². The topological polar surface area (TPSA) is 70.9 Å². The number of rotatable bonds is 5. The normalized spacial score (nSPS) is 15.2. The van der Waals surface area contributed by atoms with Crippen LogP contribution in [0.1, 0.15) is 25.3 Å². The number of oxime groups is 1. The molecule has 0 aromatic heterocycles. The van der Waals surface area contributed by atoms with E-state index in [9.17, 15) is 9.18 Å². The minimum atomic E-state index is -0.465. The molecule has 0 saturated heterocycles. The van der Waals surface area contributed by atoms with Crippen LogP contribution in [0.4, 0.5) is 4.39 Å². The number of benzene rings is 1. The minimum absolute atomic E-state index is 0.145. The largest absolute Gasteiger partial charge is 0.483 e. The van der Waals surface area contributed by atoms with Gasteiger partial charge in [-0.1, -0.05) is 5.16 Å². The lowest BCUT2D eigenvalue weighted by atomic mass is 10.1. The molecule has 1 aliphatic rings. The molecule has 0 heterocycles. The second-order valence-corrected chi connectivity index (χ2v) is 4.46. The molecule has 1 aromatic carbocycles. The van der Waals surface area contributed by atoms with Crippen LogP contribution >= 0.6 is 0 Å². The molecule has 5 nitrogen and oxygen atoms in total. The maximum Gasteiger partial charge on any atom is 0.258 e. The summed E-state index contributed by atoms with van der Waals surface area (Å²) in [7, 11) is 0. The SMILES string of the molecule is CC(=NO)c1cc(F)ccc1OCC(=O)NC1CC1. The Balaban J connectivity index is 2.04. The summed E-state index contributed by atoms with van der Waals surface area (Å²) in [6, 6.07) is 4.10. The molecule has 0 unspecified atom stereocenters. The van der Waals surface area contributed by atoms with Gasteiger partial charge in [-0.05, 0) is 38.0 Å². The first-order valence-corrected chi connectivity index (χ1v) is 6.01. The van der Waals surface area contributed by atoms with Gasteiger partial charge in [0.05, 0.1) is 5.71 Å². The van der Waals surface area contributed by atoms with E-state index in [1.54, 1.807) is 0 Å². The zero-order valence-corrected chi connectivity index (χ0v) is 10.5. The quantitative estimate of drug-likeness (QED) is 0.484. The summed E-state index contributed by atoms with van der Waals surface area (Å²) < 4.78 is 18.5. The van der Waals surface area contributed by atoms with Crippen molar-refractivity contribution in [2.24, 2.45) is 5.16 Å². The fourth-order valence-corrected chi connectivity index (χ4v) is 1.60. The van der Waals surface area contributed by atoms with Gasteiger partial charge in [0, 0.05) is 11.6 Å². The van der Waals surface area contributed by atoms with Gasteiger partial charge in [-0.25, -0.2) is 4.39 Å². The third-order valence-corrected chi connectivity index (χ3v) is 2.78. The minimum Gasteiger partial charge on any atom is -0.483 e. The smallest absolute Gasteiger partial charge is 0.258 e. The molecule has 102 valence electrons. The molecule has 2 N–H and O–H groups in total. The Morgan fingerprint density at radius 3 is 2.95 bits per heavy atom. The van der Waals surface area contributed by atoms with Gasteiger partial charge in [0.2, 0.25) is 0 Å². The molecule has 1 aromatic rings. The number of hydrogen-bond acceptors (Lipinski definition) is 4. The molecule has 0 bridgehead atoms. The molecule has 0 atom stereocenters. The molecule has 1 saturated carbocycles. The highest BCUT2D eigenvalue weighted by atomic mass is 19.1. The third-order valence-electron chi connectivity index (χ3n) is 2.78. The fourth-order valence-electron chi connectivity index (χ4n) is 1.60. The van der Waals surface area contributed by atoms with Crippen molar-refractivity contribution >= 4 is 11.6 Å². The van der Waals surface area contributed by atoms with Gasteiger partial charge in [0.1, 0.15) is 11.6 Å². The molecule has 0 aliphatic heterocycles. The van der Waals surface area contributed by atoms with Crippen LogP contribution in [0.25, 0.3) is 0 Å². The van der Waals surface area contributed by atoms with Gasteiger partial charge in [0.15, 0.2) is 6.61 Å². The average molecular weight is 266 g/mol. The lowest BCUT2D eigenvalue weighted by molar-refractivity contribution is -0.123. The summed E-state index contributed by atoms with van der Waals surface area (Å²) in [5, 5.41) is 14.5. The second kappa shape index (κ2) is 5.69. The van der Waals surface area contributed by atoms with Gasteiger partial charge in [-0.15, -0.1) is 0 Å². The molecule has 2 rings (SSSR count). The Morgan fingerprint density at radius 1 is 1.58 bits per heavy atom. The second-order valence-electron chi connectivity index (χ2n) is 4.46. The Morgan fingerprint density at radius 2 is 2.32 bits per heavy atom. The van der Waals surface area contributed by atoms with E-state index >= 15 is 0 Å². The van der Waals surface area contributed by atoms with Crippen LogP contribution < -0.4 is 10.1 Å². The molecule has 19 heavy (non-hydrogen) atoms.